The molecule has 0 heterocycles. The SMILES string of the molecule is CCCCCCCC(=O)C(C=O)C(=O)CCCCCCC. The Balaban J connectivity index is 3.91. The van der Waals surface area contributed by atoms with Crippen molar-refractivity contribution in [3.05, 3.63) is 0 Å². The highest BCUT2D eigenvalue weighted by atomic mass is 16.2. The quantitative estimate of drug-likeness (QED) is 0.251. The van der Waals surface area contributed by atoms with Gasteiger partial charge in [-0.25, -0.2) is 0 Å². The number of unbranched alkanes of at least 4 members (excludes halogenated alkanes) is 8. The van der Waals surface area contributed by atoms with E-state index in [0.29, 0.717) is 19.1 Å². The molecule has 0 atom stereocenters. The minimum Gasteiger partial charge on any atom is -0.302 e. The van der Waals surface area contributed by atoms with Crippen molar-refractivity contribution < 1.29 is 14.4 Å². The average Bonchev–Trinajstić information content (AvgIpc) is 2.47. The molecule has 0 saturated heterocycles. The van der Waals surface area contributed by atoms with Crippen molar-refractivity contribution in [2.24, 2.45) is 5.92 Å². The van der Waals surface area contributed by atoms with Crippen LogP contribution in [0.15, 0.2) is 0 Å². The Hall–Kier alpha value is -0.990. The largest absolute Gasteiger partial charge is 0.302 e. The Morgan fingerprint density at radius 2 is 1.10 bits per heavy atom. The fourth-order valence-corrected chi connectivity index (χ4v) is 2.45. The molecule has 0 fully saturated rings. The van der Waals surface area contributed by atoms with Crippen LogP contribution in [0.3, 0.4) is 0 Å². The van der Waals surface area contributed by atoms with E-state index in [0.717, 1.165) is 38.5 Å². The van der Waals surface area contributed by atoms with Crippen LogP contribution >= 0.6 is 0 Å². The lowest BCUT2D eigenvalue weighted by Gasteiger charge is -2.08. The Kier molecular flexibility index (Phi) is 13.3. The molecular weight excluding hydrogens is 264 g/mol. The third-order valence-corrected chi connectivity index (χ3v) is 3.88. The van der Waals surface area contributed by atoms with Gasteiger partial charge in [0.15, 0.2) is 0 Å². The molecule has 3 nitrogen and oxygen atoms in total. The summed E-state index contributed by atoms with van der Waals surface area (Å²) < 4.78 is 0. The number of carbonyl (C=O) groups is 3. The third kappa shape index (κ3) is 10.4. The van der Waals surface area contributed by atoms with Gasteiger partial charge in [-0.1, -0.05) is 65.2 Å². The van der Waals surface area contributed by atoms with Gasteiger partial charge in [0.25, 0.3) is 0 Å². The summed E-state index contributed by atoms with van der Waals surface area (Å²) in [4.78, 5) is 34.9. The van der Waals surface area contributed by atoms with Gasteiger partial charge in [0.05, 0.1) is 0 Å². The molecule has 21 heavy (non-hydrogen) atoms. The average molecular weight is 296 g/mol. The van der Waals surface area contributed by atoms with Crippen LogP contribution in [-0.4, -0.2) is 17.9 Å². The van der Waals surface area contributed by atoms with E-state index in [9.17, 15) is 14.4 Å². The Morgan fingerprint density at radius 3 is 1.43 bits per heavy atom. The fourth-order valence-electron chi connectivity index (χ4n) is 2.45. The van der Waals surface area contributed by atoms with Crippen LogP contribution in [0.4, 0.5) is 0 Å². The molecule has 0 unspecified atom stereocenters. The van der Waals surface area contributed by atoms with E-state index < -0.39 is 5.92 Å². The number of ketones is 2. The lowest BCUT2D eigenvalue weighted by molar-refractivity contribution is -0.136. The van der Waals surface area contributed by atoms with E-state index >= 15 is 0 Å². The van der Waals surface area contributed by atoms with Gasteiger partial charge in [-0.2, -0.15) is 0 Å². The summed E-state index contributed by atoms with van der Waals surface area (Å²) in [7, 11) is 0. The molecule has 0 aliphatic rings. The van der Waals surface area contributed by atoms with Gasteiger partial charge in [-0.15, -0.1) is 0 Å². The molecule has 0 amide bonds. The highest BCUT2D eigenvalue weighted by Crippen LogP contribution is 2.13. The van der Waals surface area contributed by atoms with Crippen LogP contribution in [0.5, 0.6) is 0 Å². The molecule has 0 aliphatic heterocycles. The van der Waals surface area contributed by atoms with Gasteiger partial charge < -0.3 is 4.79 Å². The molecule has 0 saturated carbocycles. The van der Waals surface area contributed by atoms with Gasteiger partial charge in [-0.3, -0.25) is 9.59 Å². The molecule has 0 N–H and O–H groups in total. The zero-order valence-corrected chi connectivity index (χ0v) is 13.9. The van der Waals surface area contributed by atoms with Crippen molar-refractivity contribution in [1.29, 1.82) is 0 Å². The Morgan fingerprint density at radius 1 is 0.714 bits per heavy atom. The minimum absolute atomic E-state index is 0.181. The number of hydrogen-bond donors (Lipinski definition) is 0. The molecule has 0 bridgehead atoms. The van der Waals surface area contributed by atoms with Gasteiger partial charge >= 0.3 is 0 Å². The summed E-state index contributed by atoms with van der Waals surface area (Å²) in [6, 6.07) is 0. The standard InChI is InChI=1S/C18H32O3/c1-3-5-7-9-11-13-17(20)16(15-19)18(21)14-12-10-8-6-4-2/h15-16H,3-14H2,1-2H3. The van der Waals surface area contributed by atoms with Crippen LogP contribution in [-0.2, 0) is 14.4 Å². The second-order valence-electron chi connectivity index (χ2n) is 5.87. The predicted molar refractivity (Wildman–Crippen MR) is 86.3 cm³/mol. The van der Waals surface area contributed by atoms with Crippen LogP contribution in [0.1, 0.15) is 90.9 Å². The predicted octanol–water partition coefficient (Wildman–Crippen LogP) is 4.66. The molecule has 0 rings (SSSR count). The minimum atomic E-state index is -0.998. The molecule has 0 aromatic rings. The van der Waals surface area contributed by atoms with Crippen LogP contribution < -0.4 is 0 Å². The third-order valence-electron chi connectivity index (χ3n) is 3.88. The van der Waals surface area contributed by atoms with Crippen molar-refractivity contribution in [3.63, 3.8) is 0 Å². The molecule has 0 aliphatic carbocycles. The topological polar surface area (TPSA) is 51.2 Å². The van der Waals surface area contributed by atoms with Gasteiger partial charge in [0, 0.05) is 12.8 Å². The maximum Gasteiger partial charge on any atom is 0.150 e. The summed E-state index contributed by atoms with van der Waals surface area (Å²) in [6.45, 7) is 4.29. The summed E-state index contributed by atoms with van der Waals surface area (Å²) in [5.74, 6) is -1.36. The fraction of sp³-hybridized carbons (Fsp3) is 0.833. The second-order valence-corrected chi connectivity index (χ2v) is 5.87. The van der Waals surface area contributed by atoms with Crippen LogP contribution in [0, 0.1) is 5.92 Å². The van der Waals surface area contributed by atoms with Crippen LogP contribution in [0.25, 0.3) is 0 Å². The summed E-state index contributed by atoms with van der Waals surface area (Å²) >= 11 is 0. The Labute approximate surface area is 129 Å². The lowest BCUT2D eigenvalue weighted by Crippen LogP contribution is -2.25. The zero-order chi connectivity index (χ0) is 15.9. The number of Topliss-reactive ketones (excluding diaryl/α,β-unsaturated/α-hetero) is 2. The molecule has 0 aromatic carbocycles. The lowest BCUT2D eigenvalue weighted by atomic mass is 9.93. The van der Waals surface area contributed by atoms with Gasteiger partial charge in [-0.05, 0) is 12.8 Å². The monoisotopic (exact) mass is 296 g/mol. The van der Waals surface area contributed by atoms with E-state index in [1.807, 2.05) is 0 Å². The summed E-state index contributed by atoms with van der Waals surface area (Å²) in [6.07, 6.45) is 11.9. The Bertz CT molecular complexity index is 271. The summed E-state index contributed by atoms with van der Waals surface area (Å²) in [5, 5.41) is 0. The zero-order valence-electron chi connectivity index (χ0n) is 13.9. The maximum atomic E-state index is 11.9. The second kappa shape index (κ2) is 14.0. The number of hydrogen-bond acceptors (Lipinski definition) is 3. The van der Waals surface area contributed by atoms with E-state index in [1.54, 1.807) is 0 Å². The van der Waals surface area contributed by atoms with Crippen molar-refractivity contribution >= 4 is 17.9 Å². The van der Waals surface area contributed by atoms with E-state index in [2.05, 4.69) is 13.8 Å². The first-order valence-corrected chi connectivity index (χ1v) is 8.68. The van der Waals surface area contributed by atoms with Gasteiger partial charge in [0.1, 0.15) is 23.8 Å². The number of aldehydes is 1. The highest BCUT2D eigenvalue weighted by molar-refractivity contribution is 6.13. The smallest absolute Gasteiger partial charge is 0.150 e. The van der Waals surface area contributed by atoms with E-state index in [1.165, 1.54) is 25.7 Å². The molecule has 3 heteroatoms. The molecule has 122 valence electrons. The molecule has 0 spiro atoms. The van der Waals surface area contributed by atoms with Crippen molar-refractivity contribution in [2.45, 2.75) is 90.9 Å². The van der Waals surface area contributed by atoms with Crippen LogP contribution in [0.2, 0.25) is 0 Å². The molecule has 0 radical (unpaired) electrons. The molecule has 0 aromatic heterocycles. The van der Waals surface area contributed by atoms with Gasteiger partial charge in [0.2, 0.25) is 0 Å². The van der Waals surface area contributed by atoms with E-state index in [4.69, 9.17) is 0 Å². The van der Waals surface area contributed by atoms with Crippen molar-refractivity contribution in [1.82, 2.24) is 0 Å². The first-order chi connectivity index (χ1) is 10.2. The normalized spacial score (nSPS) is 10.8. The highest BCUT2D eigenvalue weighted by Gasteiger charge is 2.24. The molecular formula is C18H32O3. The van der Waals surface area contributed by atoms with Crippen molar-refractivity contribution in [2.75, 3.05) is 0 Å². The first kappa shape index (κ1) is 20.0. The first-order valence-electron chi connectivity index (χ1n) is 8.68. The summed E-state index contributed by atoms with van der Waals surface area (Å²) in [5.41, 5.74) is 0. The van der Waals surface area contributed by atoms with E-state index in [-0.39, 0.29) is 11.6 Å². The maximum absolute atomic E-state index is 11.9. The number of rotatable bonds is 15. The number of carbonyl (C=O) groups excluding carboxylic acids is 3. The van der Waals surface area contributed by atoms with Crippen molar-refractivity contribution in [3.8, 4) is 0 Å².